The summed E-state index contributed by atoms with van der Waals surface area (Å²) in [5.74, 6) is -2.55. The van der Waals surface area contributed by atoms with Crippen LogP contribution in [0.15, 0.2) is 84.9 Å². The molecule has 0 radical (unpaired) electrons. The summed E-state index contributed by atoms with van der Waals surface area (Å²) in [4.78, 5) is 70.2. The number of carbonyl (C=O) groups is 4. The van der Waals surface area contributed by atoms with Crippen molar-refractivity contribution >= 4 is 48.9 Å². The number of amides is 4. The first-order valence-corrected chi connectivity index (χ1v) is 14.7. The van der Waals surface area contributed by atoms with Crippen molar-refractivity contribution in [3.63, 3.8) is 0 Å². The van der Waals surface area contributed by atoms with E-state index < -0.39 is 43.5 Å². The van der Waals surface area contributed by atoms with E-state index in [1.54, 1.807) is 56.3 Å². The highest BCUT2D eigenvalue weighted by Crippen LogP contribution is 2.37. The standard InChI is InChI=1S/C30H33N4O8P/c1-19(2)27(33-26(35)18-11-21-9-16-25(17-10-21)42-43(39,40)41)29(37)32-20(3)30(38)34(23-7-5-4-6-8-23)24-14-12-22(13-15-24)28(31)36/h4-20,27H,1-3H3,(H2,31,36)(H,32,37)(H,33,35)(H2,39,40,41)/b18-11+/t20-,27-/m0/s1. The number of phosphoric ester groups is 1. The van der Waals surface area contributed by atoms with Crippen molar-refractivity contribution in [1.82, 2.24) is 10.6 Å². The van der Waals surface area contributed by atoms with Crippen LogP contribution < -0.4 is 25.8 Å². The molecule has 0 aliphatic rings. The first-order chi connectivity index (χ1) is 20.2. The van der Waals surface area contributed by atoms with E-state index in [-0.39, 0.29) is 17.2 Å². The van der Waals surface area contributed by atoms with Gasteiger partial charge in [-0.15, -0.1) is 0 Å². The fraction of sp³-hybridized carbons (Fsp3) is 0.200. The van der Waals surface area contributed by atoms with Gasteiger partial charge in [0.15, 0.2) is 0 Å². The summed E-state index contributed by atoms with van der Waals surface area (Å²) in [6.45, 7) is 5.03. The fourth-order valence-electron chi connectivity index (χ4n) is 4.00. The lowest BCUT2D eigenvalue weighted by molar-refractivity contribution is -0.131. The van der Waals surface area contributed by atoms with E-state index >= 15 is 0 Å². The largest absolute Gasteiger partial charge is 0.524 e. The van der Waals surface area contributed by atoms with Gasteiger partial charge in [0.1, 0.15) is 17.8 Å². The number of carbonyl (C=O) groups excluding carboxylic acids is 4. The third-order valence-corrected chi connectivity index (χ3v) is 6.60. The van der Waals surface area contributed by atoms with Crippen LogP contribution in [0.3, 0.4) is 0 Å². The number of phosphoric acid groups is 1. The Morgan fingerprint density at radius 3 is 1.98 bits per heavy atom. The van der Waals surface area contributed by atoms with E-state index in [2.05, 4.69) is 15.2 Å². The summed E-state index contributed by atoms with van der Waals surface area (Å²) in [5, 5.41) is 5.34. The maximum atomic E-state index is 13.6. The number of para-hydroxylation sites is 1. The second-order valence-corrected chi connectivity index (χ2v) is 11.0. The van der Waals surface area contributed by atoms with Crippen molar-refractivity contribution in [2.75, 3.05) is 4.90 Å². The summed E-state index contributed by atoms with van der Waals surface area (Å²) >= 11 is 0. The van der Waals surface area contributed by atoms with Crippen molar-refractivity contribution in [2.24, 2.45) is 11.7 Å². The molecule has 12 nitrogen and oxygen atoms in total. The van der Waals surface area contributed by atoms with Crippen molar-refractivity contribution < 1.29 is 38.1 Å². The molecule has 3 aromatic carbocycles. The van der Waals surface area contributed by atoms with Gasteiger partial charge in [0, 0.05) is 23.0 Å². The zero-order valence-corrected chi connectivity index (χ0v) is 24.6. The molecule has 4 amide bonds. The summed E-state index contributed by atoms with van der Waals surface area (Å²) < 4.78 is 15.4. The maximum Gasteiger partial charge on any atom is 0.524 e. The van der Waals surface area contributed by atoms with Gasteiger partial charge in [0.05, 0.1) is 0 Å². The Kier molecular flexibility index (Phi) is 11.0. The molecule has 3 rings (SSSR count). The van der Waals surface area contributed by atoms with E-state index in [9.17, 15) is 23.7 Å². The van der Waals surface area contributed by atoms with Gasteiger partial charge < -0.3 is 20.9 Å². The van der Waals surface area contributed by atoms with Gasteiger partial charge >= 0.3 is 7.82 Å². The Morgan fingerprint density at radius 2 is 1.44 bits per heavy atom. The molecule has 0 unspecified atom stereocenters. The monoisotopic (exact) mass is 608 g/mol. The van der Waals surface area contributed by atoms with E-state index in [4.69, 9.17) is 15.5 Å². The minimum Gasteiger partial charge on any atom is -0.404 e. The Labute approximate surface area is 248 Å². The van der Waals surface area contributed by atoms with E-state index in [0.717, 1.165) is 0 Å². The number of nitrogens with two attached hydrogens (primary N) is 1. The normalized spacial score (nSPS) is 12.8. The van der Waals surface area contributed by atoms with Gasteiger partial charge in [-0.05, 0) is 73.0 Å². The predicted octanol–water partition coefficient (Wildman–Crippen LogP) is 3.28. The number of hydrogen-bond acceptors (Lipinski definition) is 6. The molecular weight excluding hydrogens is 575 g/mol. The van der Waals surface area contributed by atoms with Gasteiger partial charge in [-0.1, -0.05) is 44.2 Å². The van der Waals surface area contributed by atoms with Crippen LogP contribution in [-0.4, -0.2) is 45.5 Å². The average molecular weight is 609 g/mol. The molecule has 0 saturated heterocycles. The molecule has 2 atom stereocenters. The number of nitrogens with zero attached hydrogens (tertiary/aromatic N) is 1. The van der Waals surface area contributed by atoms with Crippen LogP contribution in [0.2, 0.25) is 0 Å². The molecule has 226 valence electrons. The van der Waals surface area contributed by atoms with Crippen LogP contribution in [0.5, 0.6) is 5.75 Å². The number of nitrogens with one attached hydrogen (secondary N) is 2. The van der Waals surface area contributed by atoms with Gasteiger partial charge in [-0.25, -0.2) is 4.57 Å². The molecule has 0 saturated carbocycles. The van der Waals surface area contributed by atoms with Crippen LogP contribution in [0, 0.1) is 5.92 Å². The molecule has 0 aliphatic heterocycles. The molecule has 3 aromatic rings. The van der Waals surface area contributed by atoms with Gasteiger partial charge in [-0.3, -0.25) is 33.9 Å². The Bertz CT molecular complexity index is 1520. The fourth-order valence-corrected chi connectivity index (χ4v) is 4.40. The number of primary amides is 1. The first-order valence-electron chi connectivity index (χ1n) is 13.2. The van der Waals surface area contributed by atoms with E-state index in [1.165, 1.54) is 60.4 Å². The van der Waals surface area contributed by atoms with Crippen LogP contribution in [-0.2, 0) is 18.9 Å². The van der Waals surface area contributed by atoms with Crippen molar-refractivity contribution in [1.29, 1.82) is 0 Å². The predicted molar refractivity (Wildman–Crippen MR) is 161 cm³/mol. The lowest BCUT2D eigenvalue weighted by Crippen LogP contribution is -2.54. The maximum absolute atomic E-state index is 13.6. The zero-order valence-electron chi connectivity index (χ0n) is 23.7. The second-order valence-electron chi connectivity index (χ2n) is 9.87. The van der Waals surface area contributed by atoms with Gasteiger partial charge in [-0.2, -0.15) is 0 Å². The van der Waals surface area contributed by atoms with Crippen molar-refractivity contribution in [2.45, 2.75) is 32.9 Å². The highest BCUT2D eigenvalue weighted by molar-refractivity contribution is 7.46. The first kappa shape index (κ1) is 32.7. The molecule has 0 aliphatic carbocycles. The summed E-state index contributed by atoms with van der Waals surface area (Å²) in [7, 11) is -4.69. The van der Waals surface area contributed by atoms with Gasteiger partial charge in [0.25, 0.3) is 5.91 Å². The number of rotatable bonds is 12. The molecule has 0 spiro atoms. The molecule has 0 fully saturated rings. The molecule has 43 heavy (non-hydrogen) atoms. The summed E-state index contributed by atoms with van der Waals surface area (Å²) in [6.07, 6.45) is 2.67. The third kappa shape index (κ3) is 9.64. The molecule has 13 heteroatoms. The molecule has 0 bridgehead atoms. The SMILES string of the molecule is CC(C)[C@H](NC(=O)/C=C/c1ccc(OP(=O)(O)O)cc1)C(=O)N[C@@H](C)C(=O)N(c1ccccc1)c1ccc(C(N)=O)cc1. The Hall–Kier alpha value is -4.77. The smallest absolute Gasteiger partial charge is 0.404 e. The van der Waals surface area contributed by atoms with Crippen molar-refractivity contribution in [3.8, 4) is 5.75 Å². The van der Waals surface area contributed by atoms with Gasteiger partial charge in [0.2, 0.25) is 17.7 Å². The molecule has 0 heterocycles. The van der Waals surface area contributed by atoms with Crippen molar-refractivity contribution in [3.05, 3.63) is 96.1 Å². The van der Waals surface area contributed by atoms with Crippen LogP contribution in [0.4, 0.5) is 11.4 Å². The minimum atomic E-state index is -4.69. The lowest BCUT2D eigenvalue weighted by atomic mass is 10.0. The number of hydrogen-bond donors (Lipinski definition) is 5. The molecular formula is C30H33N4O8P. The third-order valence-electron chi connectivity index (χ3n) is 6.15. The van der Waals surface area contributed by atoms with Crippen LogP contribution in [0.1, 0.15) is 36.7 Å². The number of benzene rings is 3. The Balaban J connectivity index is 1.70. The number of anilines is 2. The second kappa shape index (κ2) is 14.4. The minimum absolute atomic E-state index is 0.0383. The zero-order chi connectivity index (χ0) is 31.7. The highest BCUT2D eigenvalue weighted by Gasteiger charge is 2.29. The lowest BCUT2D eigenvalue weighted by Gasteiger charge is -2.28. The van der Waals surface area contributed by atoms with Crippen LogP contribution >= 0.6 is 7.82 Å². The summed E-state index contributed by atoms with van der Waals surface area (Å²) in [5.41, 5.74) is 7.17. The van der Waals surface area contributed by atoms with Crippen LogP contribution in [0.25, 0.3) is 6.08 Å². The highest BCUT2D eigenvalue weighted by atomic mass is 31.2. The van der Waals surface area contributed by atoms with E-state index in [1.807, 2.05) is 0 Å². The average Bonchev–Trinajstić information content (AvgIpc) is 2.95. The topological polar surface area (TPSA) is 188 Å². The summed E-state index contributed by atoms with van der Waals surface area (Å²) in [6, 6.07) is 18.7. The van der Waals surface area contributed by atoms with E-state index in [0.29, 0.717) is 16.9 Å². The molecule has 6 N–H and O–H groups in total. The molecule has 0 aromatic heterocycles. The quantitative estimate of drug-likeness (QED) is 0.153. The Morgan fingerprint density at radius 1 is 0.860 bits per heavy atom.